The first-order valence-corrected chi connectivity index (χ1v) is 6.59. The van der Waals surface area contributed by atoms with Crippen LogP contribution in [0.4, 0.5) is 0 Å². The summed E-state index contributed by atoms with van der Waals surface area (Å²) in [6, 6.07) is 2.02. The number of nitrogens with one attached hydrogen (secondary N) is 1. The van der Waals surface area contributed by atoms with Gasteiger partial charge in [-0.25, -0.2) is 0 Å². The molecule has 3 nitrogen and oxygen atoms in total. The highest BCUT2D eigenvalue weighted by Crippen LogP contribution is 2.03. The quantitative estimate of drug-likeness (QED) is 0.671. The monoisotopic (exact) mass is 238 g/mol. The molecule has 0 radical (unpaired) electrons. The second kappa shape index (κ2) is 8.31. The molecule has 0 atom stereocenters. The number of furan rings is 1. The van der Waals surface area contributed by atoms with Crippen LogP contribution in [0.5, 0.6) is 0 Å². The summed E-state index contributed by atoms with van der Waals surface area (Å²) in [5, 5.41) is 3.49. The number of likely N-dealkylation sites (N-methyl/N-ethyl adjacent to an activating group) is 1. The minimum Gasteiger partial charge on any atom is -0.472 e. The van der Waals surface area contributed by atoms with E-state index in [-0.39, 0.29) is 0 Å². The molecule has 1 aromatic rings. The fourth-order valence-electron chi connectivity index (χ4n) is 1.80. The topological polar surface area (TPSA) is 28.4 Å². The molecule has 0 spiro atoms. The predicted molar refractivity (Wildman–Crippen MR) is 72.0 cm³/mol. The van der Waals surface area contributed by atoms with Gasteiger partial charge in [0.25, 0.3) is 0 Å². The number of hydrogen-bond acceptors (Lipinski definition) is 3. The maximum atomic E-state index is 5.05. The van der Waals surface area contributed by atoms with Gasteiger partial charge in [-0.1, -0.05) is 13.8 Å². The van der Waals surface area contributed by atoms with Crippen molar-refractivity contribution in [2.24, 2.45) is 5.92 Å². The van der Waals surface area contributed by atoms with Gasteiger partial charge in [-0.05, 0) is 38.4 Å². The Labute approximate surface area is 105 Å². The van der Waals surface area contributed by atoms with Crippen molar-refractivity contribution in [1.82, 2.24) is 10.2 Å². The highest BCUT2D eigenvalue weighted by Gasteiger charge is 2.00. The Hall–Kier alpha value is -0.800. The lowest BCUT2D eigenvalue weighted by atomic mass is 10.1. The van der Waals surface area contributed by atoms with Crippen LogP contribution in [0.25, 0.3) is 0 Å². The molecule has 0 fully saturated rings. The molecule has 0 aliphatic carbocycles. The fraction of sp³-hybridized carbons (Fsp3) is 0.714. The summed E-state index contributed by atoms with van der Waals surface area (Å²) in [5.74, 6) is 0.820. The molecule has 0 bridgehead atoms. The van der Waals surface area contributed by atoms with Gasteiger partial charge in [0.15, 0.2) is 0 Å². The molecule has 0 unspecified atom stereocenters. The van der Waals surface area contributed by atoms with Crippen molar-refractivity contribution in [3.8, 4) is 0 Å². The summed E-state index contributed by atoms with van der Waals surface area (Å²) in [5.41, 5.74) is 1.24. The van der Waals surface area contributed by atoms with E-state index in [1.54, 1.807) is 6.26 Å². The van der Waals surface area contributed by atoms with Crippen LogP contribution in [-0.4, -0.2) is 31.6 Å². The lowest BCUT2D eigenvalue weighted by Gasteiger charge is -2.16. The molecular weight excluding hydrogens is 212 g/mol. The van der Waals surface area contributed by atoms with Crippen molar-refractivity contribution in [3.05, 3.63) is 24.2 Å². The van der Waals surface area contributed by atoms with Crippen LogP contribution in [0.1, 0.15) is 32.3 Å². The molecule has 3 heteroatoms. The first kappa shape index (κ1) is 14.3. The number of rotatable bonds is 9. The van der Waals surface area contributed by atoms with Gasteiger partial charge in [-0.15, -0.1) is 0 Å². The first-order chi connectivity index (χ1) is 8.18. The maximum absolute atomic E-state index is 5.05. The van der Waals surface area contributed by atoms with Crippen LogP contribution in [0.15, 0.2) is 23.0 Å². The van der Waals surface area contributed by atoms with Gasteiger partial charge >= 0.3 is 0 Å². The van der Waals surface area contributed by atoms with Gasteiger partial charge < -0.3 is 14.6 Å². The Kier molecular flexibility index (Phi) is 6.97. The summed E-state index contributed by atoms with van der Waals surface area (Å²) < 4.78 is 5.05. The summed E-state index contributed by atoms with van der Waals surface area (Å²) in [6.07, 6.45) is 6.14. The van der Waals surface area contributed by atoms with Gasteiger partial charge in [0.2, 0.25) is 0 Å². The molecule has 0 saturated heterocycles. The molecule has 1 N–H and O–H groups in total. The Balaban J connectivity index is 1.95. The normalized spacial score (nSPS) is 11.6. The zero-order valence-electron chi connectivity index (χ0n) is 11.4. The van der Waals surface area contributed by atoms with E-state index >= 15 is 0 Å². The molecular formula is C14H26N2O. The Morgan fingerprint density at radius 3 is 2.82 bits per heavy atom. The van der Waals surface area contributed by atoms with Crippen molar-refractivity contribution < 1.29 is 4.42 Å². The van der Waals surface area contributed by atoms with Gasteiger partial charge in [0.05, 0.1) is 12.5 Å². The SMILES string of the molecule is CC(C)CCCNCCN(C)Cc1ccoc1. The highest BCUT2D eigenvalue weighted by molar-refractivity contribution is 5.04. The average Bonchev–Trinajstić information content (AvgIpc) is 2.75. The summed E-state index contributed by atoms with van der Waals surface area (Å²) in [4.78, 5) is 2.31. The van der Waals surface area contributed by atoms with Crippen LogP contribution in [0, 0.1) is 5.92 Å². The predicted octanol–water partition coefficient (Wildman–Crippen LogP) is 2.74. The molecule has 0 amide bonds. The highest BCUT2D eigenvalue weighted by atomic mass is 16.3. The van der Waals surface area contributed by atoms with E-state index in [9.17, 15) is 0 Å². The molecule has 0 aliphatic heterocycles. The Bertz CT molecular complexity index is 270. The van der Waals surface area contributed by atoms with Crippen LogP contribution in [0.3, 0.4) is 0 Å². The molecule has 1 rings (SSSR count). The zero-order chi connectivity index (χ0) is 12.5. The lowest BCUT2D eigenvalue weighted by molar-refractivity contribution is 0.322. The third-order valence-corrected chi connectivity index (χ3v) is 2.84. The Morgan fingerprint density at radius 1 is 1.35 bits per heavy atom. The van der Waals surface area contributed by atoms with E-state index in [2.05, 4.69) is 31.1 Å². The van der Waals surface area contributed by atoms with Crippen LogP contribution in [0.2, 0.25) is 0 Å². The van der Waals surface area contributed by atoms with Crippen molar-refractivity contribution in [1.29, 1.82) is 0 Å². The lowest BCUT2D eigenvalue weighted by Crippen LogP contribution is -2.29. The molecule has 0 aliphatic rings. The molecule has 1 aromatic heterocycles. The molecule has 1 heterocycles. The van der Waals surface area contributed by atoms with E-state index in [1.807, 2.05) is 12.3 Å². The molecule has 98 valence electrons. The minimum absolute atomic E-state index is 0.820. The van der Waals surface area contributed by atoms with Gasteiger partial charge in [-0.3, -0.25) is 0 Å². The Morgan fingerprint density at radius 2 is 2.18 bits per heavy atom. The van der Waals surface area contributed by atoms with Crippen molar-refractivity contribution >= 4 is 0 Å². The van der Waals surface area contributed by atoms with Crippen LogP contribution in [-0.2, 0) is 6.54 Å². The van der Waals surface area contributed by atoms with E-state index in [1.165, 1.54) is 18.4 Å². The smallest absolute Gasteiger partial charge is 0.0947 e. The summed E-state index contributed by atoms with van der Waals surface area (Å²) >= 11 is 0. The minimum atomic E-state index is 0.820. The van der Waals surface area contributed by atoms with Crippen molar-refractivity contribution in [2.45, 2.75) is 33.2 Å². The van der Waals surface area contributed by atoms with Crippen molar-refractivity contribution in [2.75, 3.05) is 26.7 Å². The average molecular weight is 238 g/mol. The third kappa shape index (κ3) is 7.18. The van der Waals surface area contributed by atoms with E-state index in [0.29, 0.717) is 0 Å². The van der Waals surface area contributed by atoms with Crippen LogP contribution < -0.4 is 5.32 Å². The number of hydrogen-bond donors (Lipinski definition) is 1. The fourth-order valence-corrected chi connectivity index (χ4v) is 1.80. The van der Waals surface area contributed by atoms with E-state index < -0.39 is 0 Å². The van der Waals surface area contributed by atoms with Crippen molar-refractivity contribution in [3.63, 3.8) is 0 Å². The largest absolute Gasteiger partial charge is 0.472 e. The molecule has 0 aromatic carbocycles. The second-order valence-electron chi connectivity index (χ2n) is 5.16. The van der Waals surface area contributed by atoms with E-state index in [4.69, 9.17) is 4.42 Å². The second-order valence-corrected chi connectivity index (χ2v) is 5.16. The van der Waals surface area contributed by atoms with Crippen LogP contribution >= 0.6 is 0 Å². The zero-order valence-corrected chi connectivity index (χ0v) is 11.4. The third-order valence-electron chi connectivity index (χ3n) is 2.84. The molecule has 0 saturated carbocycles. The van der Waals surface area contributed by atoms with Gasteiger partial charge in [0.1, 0.15) is 0 Å². The first-order valence-electron chi connectivity index (χ1n) is 6.59. The molecule has 17 heavy (non-hydrogen) atoms. The number of nitrogens with zero attached hydrogens (tertiary/aromatic N) is 1. The summed E-state index contributed by atoms with van der Waals surface area (Å²) in [6.45, 7) is 8.79. The maximum Gasteiger partial charge on any atom is 0.0947 e. The van der Waals surface area contributed by atoms with Gasteiger partial charge in [-0.2, -0.15) is 0 Å². The van der Waals surface area contributed by atoms with Gasteiger partial charge in [0, 0.05) is 25.2 Å². The van der Waals surface area contributed by atoms with E-state index in [0.717, 1.165) is 32.1 Å². The standard InChI is InChI=1S/C14H26N2O/c1-13(2)5-4-7-15-8-9-16(3)11-14-6-10-17-12-14/h6,10,12-13,15H,4-5,7-9,11H2,1-3H3. The summed E-state index contributed by atoms with van der Waals surface area (Å²) in [7, 11) is 2.14.